The number of amides is 2. The summed E-state index contributed by atoms with van der Waals surface area (Å²) >= 11 is 0. The minimum Gasteiger partial charge on any atom is -0.493 e. The maximum Gasteiger partial charge on any atom is 0.239 e. The van der Waals surface area contributed by atoms with E-state index in [-0.39, 0.29) is 24.3 Å². The van der Waals surface area contributed by atoms with Gasteiger partial charge in [0.2, 0.25) is 11.8 Å². The molecule has 0 saturated carbocycles. The summed E-state index contributed by atoms with van der Waals surface area (Å²) in [5.74, 6) is 0.464. The van der Waals surface area contributed by atoms with E-state index in [1.54, 1.807) is 6.92 Å². The summed E-state index contributed by atoms with van der Waals surface area (Å²) in [5, 5.41) is 5.95. The molecule has 35 heavy (non-hydrogen) atoms. The van der Waals surface area contributed by atoms with Crippen molar-refractivity contribution >= 4 is 11.8 Å². The van der Waals surface area contributed by atoms with E-state index in [0.717, 1.165) is 29.7 Å². The highest BCUT2D eigenvalue weighted by atomic mass is 16.5. The Bertz CT molecular complexity index is 904. The van der Waals surface area contributed by atoms with E-state index in [2.05, 4.69) is 24.5 Å². The molecule has 0 aromatic heterocycles. The highest BCUT2D eigenvalue weighted by Gasteiger charge is 2.24. The summed E-state index contributed by atoms with van der Waals surface area (Å²) in [4.78, 5) is 25.6. The normalized spacial score (nSPS) is 15.4. The molecule has 0 aliphatic rings. The van der Waals surface area contributed by atoms with Crippen molar-refractivity contribution in [1.29, 1.82) is 0 Å². The van der Waals surface area contributed by atoms with Gasteiger partial charge in [-0.15, -0.1) is 0 Å². The molecule has 1 unspecified atom stereocenters. The molecule has 0 spiro atoms. The maximum atomic E-state index is 13.1. The van der Waals surface area contributed by atoms with Gasteiger partial charge in [-0.3, -0.25) is 9.59 Å². The van der Waals surface area contributed by atoms with Gasteiger partial charge in [-0.2, -0.15) is 0 Å². The Morgan fingerprint density at radius 3 is 2.20 bits per heavy atom. The first-order valence-corrected chi connectivity index (χ1v) is 12.4. The van der Waals surface area contributed by atoms with Crippen molar-refractivity contribution in [2.45, 2.75) is 64.6 Å². The average molecular weight is 484 g/mol. The lowest BCUT2D eigenvalue weighted by molar-refractivity contribution is -0.126. The van der Waals surface area contributed by atoms with Crippen LogP contribution in [0, 0.1) is 5.92 Å². The van der Waals surface area contributed by atoms with Crippen LogP contribution in [0.2, 0.25) is 0 Å². The first kappa shape index (κ1) is 28.3. The Morgan fingerprint density at radius 1 is 0.943 bits per heavy atom. The SMILES string of the molecule is CCCC(C)COc1ccc([C@@H](CNC(=O)[C@@H](N)[C@@H](C)OC)NC(=O)[C@@H](C)c2ccccc2)cc1. The van der Waals surface area contributed by atoms with Gasteiger partial charge in [-0.05, 0) is 49.4 Å². The second kappa shape index (κ2) is 14.5. The van der Waals surface area contributed by atoms with Gasteiger partial charge in [0.05, 0.1) is 24.7 Å². The standard InChI is InChI=1S/C28H41N3O4/c1-6-10-19(2)18-35-24-15-13-23(14-16-24)25(17-30-28(33)26(29)21(4)34-5)31-27(32)20(3)22-11-8-7-9-12-22/h7-9,11-16,19-21,25-26H,6,10,17-18,29H2,1-5H3,(H,30,33)(H,31,32)/t19?,20-,21+,25+,26-/m0/s1. The fourth-order valence-electron chi connectivity index (χ4n) is 3.73. The molecule has 4 N–H and O–H groups in total. The largest absolute Gasteiger partial charge is 0.493 e. The van der Waals surface area contributed by atoms with E-state index in [4.69, 9.17) is 15.2 Å². The van der Waals surface area contributed by atoms with E-state index < -0.39 is 18.2 Å². The van der Waals surface area contributed by atoms with Crippen LogP contribution in [0.15, 0.2) is 54.6 Å². The summed E-state index contributed by atoms with van der Waals surface area (Å²) in [6.45, 7) is 8.81. The molecule has 192 valence electrons. The number of rotatable bonds is 14. The number of hydrogen-bond donors (Lipinski definition) is 3. The molecule has 2 amide bonds. The first-order chi connectivity index (χ1) is 16.8. The number of carbonyl (C=O) groups excluding carboxylic acids is 2. The number of benzene rings is 2. The van der Waals surface area contributed by atoms with E-state index in [1.165, 1.54) is 7.11 Å². The van der Waals surface area contributed by atoms with E-state index in [0.29, 0.717) is 12.5 Å². The number of ether oxygens (including phenoxy) is 2. The highest BCUT2D eigenvalue weighted by molar-refractivity contribution is 5.84. The Kier molecular flexibility index (Phi) is 11.7. The Labute approximate surface area is 209 Å². The third-order valence-electron chi connectivity index (χ3n) is 6.27. The fourth-order valence-corrected chi connectivity index (χ4v) is 3.73. The van der Waals surface area contributed by atoms with Crippen LogP contribution in [0.4, 0.5) is 0 Å². The van der Waals surface area contributed by atoms with Crippen molar-refractivity contribution in [2.75, 3.05) is 20.3 Å². The second-order valence-electron chi connectivity index (χ2n) is 9.18. The summed E-state index contributed by atoms with van der Waals surface area (Å²) in [6, 6.07) is 16.0. The smallest absolute Gasteiger partial charge is 0.239 e. The number of nitrogens with one attached hydrogen (secondary N) is 2. The lowest BCUT2D eigenvalue weighted by Crippen LogP contribution is -2.50. The molecule has 5 atom stereocenters. The molecule has 0 radical (unpaired) electrons. The van der Waals surface area contributed by atoms with Crippen molar-refractivity contribution in [3.63, 3.8) is 0 Å². The Morgan fingerprint density at radius 2 is 1.60 bits per heavy atom. The van der Waals surface area contributed by atoms with Gasteiger partial charge >= 0.3 is 0 Å². The summed E-state index contributed by atoms with van der Waals surface area (Å²) in [7, 11) is 1.51. The summed E-state index contributed by atoms with van der Waals surface area (Å²) in [5.41, 5.74) is 7.77. The van der Waals surface area contributed by atoms with Gasteiger partial charge in [0, 0.05) is 13.7 Å². The third kappa shape index (κ3) is 9.00. The quantitative estimate of drug-likeness (QED) is 0.378. The number of nitrogens with two attached hydrogens (primary N) is 1. The molecule has 7 heteroatoms. The van der Waals surface area contributed by atoms with Gasteiger partial charge in [-0.25, -0.2) is 0 Å². The lowest BCUT2D eigenvalue weighted by atomic mass is 9.99. The van der Waals surface area contributed by atoms with Crippen LogP contribution in [0.5, 0.6) is 5.75 Å². The number of methoxy groups -OCH3 is 1. The van der Waals surface area contributed by atoms with Crippen molar-refractivity contribution in [3.05, 3.63) is 65.7 Å². The van der Waals surface area contributed by atoms with Crippen molar-refractivity contribution in [2.24, 2.45) is 11.7 Å². The maximum absolute atomic E-state index is 13.1. The topological polar surface area (TPSA) is 103 Å². The molecular formula is C28H41N3O4. The van der Waals surface area contributed by atoms with E-state index >= 15 is 0 Å². The number of hydrogen-bond acceptors (Lipinski definition) is 5. The van der Waals surface area contributed by atoms with Gasteiger partial charge in [0.1, 0.15) is 11.8 Å². The zero-order chi connectivity index (χ0) is 25.8. The second-order valence-corrected chi connectivity index (χ2v) is 9.18. The Balaban J connectivity index is 2.13. The van der Waals surface area contributed by atoms with Crippen LogP contribution in [0.25, 0.3) is 0 Å². The highest BCUT2D eigenvalue weighted by Crippen LogP contribution is 2.21. The van der Waals surface area contributed by atoms with Crippen molar-refractivity contribution in [3.8, 4) is 5.75 Å². The van der Waals surface area contributed by atoms with Crippen LogP contribution in [0.1, 0.15) is 63.6 Å². The molecule has 0 saturated heterocycles. The minimum atomic E-state index is -0.805. The predicted molar refractivity (Wildman–Crippen MR) is 139 cm³/mol. The average Bonchev–Trinajstić information content (AvgIpc) is 2.89. The first-order valence-electron chi connectivity index (χ1n) is 12.4. The molecule has 2 rings (SSSR count). The predicted octanol–water partition coefficient (Wildman–Crippen LogP) is 3.94. The fraction of sp³-hybridized carbons (Fsp3) is 0.500. The van der Waals surface area contributed by atoms with Crippen LogP contribution in [-0.4, -0.2) is 44.2 Å². The van der Waals surface area contributed by atoms with Crippen LogP contribution in [0.3, 0.4) is 0 Å². The lowest BCUT2D eigenvalue weighted by Gasteiger charge is -2.24. The van der Waals surface area contributed by atoms with Gasteiger partial charge < -0.3 is 25.8 Å². The molecule has 0 fully saturated rings. The Hall–Kier alpha value is -2.90. The summed E-state index contributed by atoms with van der Waals surface area (Å²) in [6.07, 6.45) is 1.83. The molecule has 2 aromatic rings. The monoisotopic (exact) mass is 483 g/mol. The third-order valence-corrected chi connectivity index (χ3v) is 6.27. The molecule has 2 aromatic carbocycles. The van der Waals surface area contributed by atoms with Crippen LogP contribution < -0.4 is 21.1 Å². The molecule has 7 nitrogen and oxygen atoms in total. The minimum absolute atomic E-state index is 0.126. The molecule has 0 heterocycles. The van der Waals surface area contributed by atoms with E-state index in [1.807, 2.05) is 61.5 Å². The van der Waals surface area contributed by atoms with E-state index in [9.17, 15) is 9.59 Å². The number of carbonyl (C=O) groups is 2. The van der Waals surface area contributed by atoms with Crippen LogP contribution in [-0.2, 0) is 14.3 Å². The molecular weight excluding hydrogens is 442 g/mol. The molecule has 0 bridgehead atoms. The summed E-state index contributed by atoms with van der Waals surface area (Å²) < 4.78 is 11.1. The van der Waals surface area contributed by atoms with Gasteiger partial charge in [0.25, 0.3) is 0 Å². The zero-order valence-electron chi connectivity index (χ0n) is 21.6. The van der Waals surface area contributed by atoms with Crippen molar-refractivity contribution in [1.82, 2.24) is 10.6 Å². The van der Waals surface area contributed by atoms with Gasteiger partial charge in [0.15, 0.2) is 0 Å². The van der Waals surface area contributed by atoms with Crippen molar-refractivity contribution < 1.29 is 19.1 Å². The zero-order valence-corrected chi connectivity index (χ0v) is 21.6. The van der Waals surface area contributed by atoms with Gasteiger partial charge in [-0.1, -0.05) is 62.7 Å². The van der Waals surface area contributed by atoms with Crippen LogP contribution >= 0.6 is 0 Å². The molecule has 0 aliphatic carbocycles. The molecule has 0 aliphatic heterocycles.